The van der Waals surface area contributed by atoms with Crippen molar-refractivity contribution in [2.75, 3.05) is 19.6 Å². The van der Waals surface area contributed by atoms with Crippen LogP contribution in [0.2, 0.25) is 0 Å². The van der Waals surface area contributed by atoms with Gasteiger partial charge >= 0.3 is 6.09 Å². The minimum absolute atomic E-state index is 0.116. The minimum Gasteiger partial charge on any atom is -0.465 e. The summed E-state index contributed by atoms with van der Waals surface area (Å²) in [5, 5.41) is 13.0. The van der Waals surface area contributed by atoms with Crippen molar-refractivity contribution in [1.29, 1.82) is 0 Å². The molecule has 3 N–H and O–H groups in total. The fourth-order valence-electron chi connectivity index (χ4n) is 1.10. The molecule has 1 fully saturated rings. The van der Waals surface area contributed by atoms with Crippen molar-refractivity contribution < 1.29 is 14.3 Å². The predicted octanol–water partition coefficient (Wildman–Crippen LogP) is -0.0444. The van der Waals surface area contributed by atoms with Crippen molar-refractivity contribution in [3.05, 3.63) is 0 Å². The van der Waals surface area contributed by atoms with Gasteiger partial charge in [-0.1, -0.05) is 0 Å². The van der Waals surface area contributed by atoms with Crippen LogP contribution in [0.25, 0.3) is 0 Å². The Hall–Kier alpha value is -0.840. The van der Waals surface area contributed by atoms with Crippen LogP contribution in [-0.4, -0.2) is 36.5 Å². The fraction of sp³-hybridized carbons (Fsp3) is 0.833. The summed E-state index contributed by atoms with van der Waals surface area (Å²) >= 11 is 0. The van der Waals surface area contributed by atoms with Gasteiger partial charge in [-0.25, -0.2) is 9.18 Å². The van der Waals surface area contributed by atoms with Crippen LogP contribution < -0.4 is 10.6 Å². The summed E-state index contributed by atoms with van der Waals surface area (Å²) < 4.78 is 13.3. The molecule has 1 unspecified atom stereocenters. The number of nitrogens with one attached hydrogen (secondary N) is 2. The van der Waals surface area contributed by atoms with Gasteiger partial charge < -0.3 is 15.7 Å². The quantitative estimate of drug-likeness (QED) is 0.533. The first-order valence-electron chi connectivity index (χ1n) is 3.49. The van der Waals surface area contributed by atoms with E-state index in [0.717, 1.165) is 0 Å². The smallest absolute Gasteiger partial charge is 0.404 e. The largest absolute Gasteiger partial charge is 0.465 e. The summed E-state index contributed by atoms with van der Waals surface area (Å²) in [6.45, 7) is 0.750. The molecule has 0 aromatic carbocycles. The van der Waals surface area contributed by atoms with Gasteiger partial charge in [-0.3, -0.25) is 0 Å². The number of halogens is 1. The molecule has 4 nitrogen and oxygen atoms in total. The Morgan fingerprint density at radius 2 is 2.55 bits per heavy atom. The number of hydrogen-bond acceptors (Lipinski definition) is 2. The molecule has 0 aromatic rings. The molecule has 1 saturated heterocycles. The van der Waals surface area contributed by atoms with E-state index in [9.17, 15) is 9.18 Å². The van der Waals surface area contributed by atoms with E-state index in [1.165, 1.54) is 0 Å². The number of carboxylic acid groups (broad SMARTS) is 1. The van der Waals surface area contributed by atoms with E-state index >= 15 is 0 Å². The van der Waals surface area contributed by atoms with E-state index in [1.54, 1.807) is 0 Å². The van der Waals surface area contributed by atoms with Crippen molar-refractivity contribution in [3.8, 4) is 0 Å². The molecule has 0 radical (unpaired) electrons. The molecule has 1 amide bonds. The van der Waals surface area contributed by atoms with E-state index in [1.807, 2.05) is 5.32 Å². The second-order valence-electron chi connectivity index (χ2n) is 2.74. The van der Waals surface area contributed by atoms with Crippen LogP contribution >= 0.6 is 0 Å². The van der Waals surface area contributed by atoms with Crippen LogP contribution in [0.5, 0.6) is 0 Å². The van der Waals surface area contributed by atoms with Crippen LogP contribution in [0, 0.1) is 0 Å². The Labute approximate surface area is 63.8 Å². The van der Waals surface area contributed by atoms with Crippen LogP contribution in [0.1, 0.15) is 6.42 Å². The standard InChI is InChI=1S/C6H11FN2O2/c7-6(1-2-8-3-6)4-9-5(10)11/h8-9H,1-4H2,(H,10,11). The third-order valence-electron chi connectivity index (χ3n) is 1.75. The van der Waals surface area contributed by atoms with E-state index < -0.39 is 11.8 Å². The van der Waals surface area contributed by atoms with Crippen molar-refractivity contribution >= 4 is 6.09 Å². The highest BCUT2D eigenvalue weighted by Crippen LogP contribution is 2.17. The highest BCUT2D eigenvalue weighted by atomic mass is 19.1. The Balaban J connectivity index is 2.28. The van der Waals surface area contributed by atoms with Crippen molar-refractivity contribution in [1.82, 2.24) is 10.6 Å². The fourth-order valence-corrected chi connectivity index (χ4v) is 1.10. The number of amides is 1. The van der Waals surface area contributed by atoms with Crippen molar-refractivity contribution in [2.45, 2.75) is 12.1 Å². The van der Waals surface area contributed by atoms with Gasteiger partial charge in [-0.15, -0.1) is 0 Å². The first kappa shape index (κ1) is 8.26. The minimum atomic E-state index is -1.38. The zero-order valence-corrected chi connectivity index (χ0v) is 6.06. The third-order valence-corrected chi connectivity index (χ3v) is 1.75. The molecule has 0 spiro atoms. The second kappa shape index (κ2) is 3.04. The van der Waals surface area contributed by atoms with Crippen LogP contribution in [0.4, 0.5) is 9.18 Å². The molecule has 0 saturated carbocycles. The van der Waals surface area contributed by atoms with E-state index in [0.29, 0.717) is 13.0 Å². The lowest BCUT2D eigenvalue weighted by Crippen LogP contribution is -2.40. The van der Waals surface area contributed by atoms with E-state index in [2.05, 4.69) is 5.32 Å². The Morgan fingerprint density at radius 1 is 1.82 bits per heavy atom. The Kier molecular flexibility index (Phi) is 2.28. The van der Waals surface area contributed by atoms with Crippen LogP contribution in [0.3, 0.4) is 0 Å². The number of alkyl halides is 1. The van der Waals surface area contributed by atoms with Crippen LogP contribution in [-0.2, 0) is 0 Å². The lowest BCUT2D eigenvalue weighted by Gasteiger charge is -2.16. The van der Waals surface area contributed by atoms with Crippen molar-refractivity contribution in [3.63, 3.8) is 0 Å². The predicted molar refractivity (Wildman–Crippen MR) is 37.4 cm³/mol. The zero-order chi connectivity index (χ0) is 8.32. The molecule has 11 heavy (non-hydrogen) atoms. The van der Waals surface area contributed by atoms with Gasteiger partial charge in [0.05, 0.1) is 6.54 Å². The second-order valence-corrected chi connectivity index (χ2v) is 2.74. The molecule has 0 aliphatic carbocycles. The lowest BCUT2D eigenvalue weighted by atomic mass is 10.1. The topological polar surface area (TPSA) is 61.4 Å². The van der Waals surface area contributed by atoms with Gasteiger partial charge in [0, 0.05) is 6.54 Å². The first-order valence-corrected chi connectivity index (χ1v) is 3.49. The van der Waals surface area contributed by atoms with Gasteiger partial charge in [-0.2, -0.15) is 0 Å². The van der Waals surface area contributed by atoms with E-state index in [4.69, 9.17) is 5.11 Å². The average Bonchev–Trinajstić information content (AvgIpc) is 2.33. The third kappa shape index (κ3) is 2.34. The SMILES string of the molecule is O=C(O)NCC1(F)CCNC1. The summed E-state index contributed by atoms with van der Waals surface area (Å²) in [4.78, 5) is 10.0. The number of carbonyl (C=O) groups is 1. The van der Waals surface area contributed by atoms with Gasteiger partial charge in [-0.05, 0) is 13.0 Å². The molecular formula is C6H11FN2O2. The monoisotopic (exact) mass is 162 g/mol. The Bertz CT molecular complexity index is 157. The normalized spacial score (nSPS) is 30.3. The van der Waals surface area contributed by atoms with Crippen LogP contribution in [0.15, 0.2) is 0 Å². The maximum Gasteiger partial charge on any atom is 0.404 e. The molecular weight excluding hydrogens is 151 g/mol. The molecule has 0 bridgehead atoms. The number of rotatable bonds is 2. The summed E-state index contributed by atoms with van der Waals surface area (Å²) in [5.41, 5.74) is -1.38. The lowest BCUT2D eigenvalue weighted by molar-refractivity contribution is 0.162. The molecule has 5 heteroatoms. The number of hydrogen-bond donors (Lipinski definition) is 3. The van der Waals surface area contributed by atoms with Gasteiger partial charge in [0.2, 0.25) is 0 Å². The average molecular weight is 162 g/mol. The maximum atomic E-state index is 13.3. The molecule has 1 atom stereocenters. The molecule has 1 aliphatic rings. The molecule has 1 rings (SSSR count). The zero-order valence-electron chi connectivity index (χ0n) is 6.06. The molecule has 1 heterocycles. The van der Waals surface area contributed by atoms with Gasteiger partial charge in [0.1, 0.15) is 5.67 Å². The van der Waals surface area contributed by atoms with Gasteiger partial charge in [0.15, 0.2) is 0 Å². The highest BCUT2D eigenvalue weighted by molar-refractivity contribution is 5.64. The maximum absolute atomic E-state index is 13.3. The molecule has 64 valence electrons. The van der Waals surface area contributed by atoms with E-state index in [-0.39, 0.29) is 13.1 Å². The summed E-state index contributed by atoms with van der Waals surface area (Å²) in [6.07, 6.45) is -0.790. The van der Waals surface area contributed by atoms with Crippen molar-refractivity contribution in [2.24, 2.45) is 0 Å². The molecule has 0 aromatic heterocycles. The Morgan fingerprint density at radius 3 is 3.00 bits per heavy atom. The summed E-state index contributed by atoms with van der Waals surface area (Å²) in [7, 11) is 0. The summed E-state index contributed by atoms with van der Waals surface area (Å²) in [5.74, 6) is 0. The summed E-state index contributed by atoms with van der Waals surface area (Å²) in [6, 6.07) is 0. The first-order chi connectivity index (χ1) is 5.12. The molecule has 1 aliphatic heterocycles. The van der Waals surface area contributed by atoms with Gasteiger partial charge in [0.25, 0.3) is 0 Å². The highest BCUT2D eigenvalue weighted by Gasteiger charge is 2.33.